The predicted molar refractivity (Wildman–Crippen MR) is 87.5 cm³/mol. The van der Waals surface area contributed by atoms with Gasteiger partial charge in [-0.3, -0.25) is 9.79 Å². The van der Waals surface area contributed by atoms with Crippen molar-refractivity contribution in [3.05, 3.63) is 40.6 Å². The molecule has 0 spiro atoms. The molecule has 3 rings (SSSR count). The molecule has 6 heteroatoms. The van der Waals surface area contributed by atoms with Gasteiger partial charge in [0, 0.05) is 30.0 Å². The lowest BCUT2D eigenvalue weighted by atomic mass is 9.99. The SMILES string of the molecule is CCc1c(C)[nH]c(C=C2NC=CN=C2C2C=NNC2=O)c1C. The minimum Gasteiger partial charge on any atom is -0.359 e. The third-order valence-electron chi connectivity index (χ3n) is 4.05. The summed E-state index contributed by atoms with van der Waals surface area (Å²) in [6, 6.07) is 0. The largest absolute Gasteiger partial charge is 0.359 e. The smallest absolute Gasteiger partial charge is 0.254 e. The lowest BCUT2D eigenvalue weighted by Crippen LogP contribution is -2.32. The van der Waals surface area contributed by atoms with Crippen LogP contribution < -0.4 is 10.7 Å². The standard InChI is InChI=1S/C16H19N5O/c1-4-11-9(2)13(20-10(11)3)7-14-15(18-6-5-17-14)12-8-19-21-16(12)22/h5-8,12,17,20H,4H2,1-3H3,(H,21,22). The maximum atomic E-state index is 11.8. The zero-order valence-corrected chi connectivity index (χ0v) is 12.9. The summed E-state index contributed by atoms with van der Waals surface area (Å²) in [4.78, 5) is 19.6. The van der Waals surface area contributed by atoms with Crippen LogP contribution in [0.3, 0.4) is 0 Å². The minimum atomic E-state index is -0.453. The number of carbonyl (C=O) groups is 1. The molecule has 2 aliphatic rings. The van der Waals surface area contributed by atoms with Gasteiger partial charge in [-0.25, -0.2) is 5.43 Å². The van der Waals surface area contributed by atoms with E-state index in [2.05, 4.69) is 46.6 Å². The van der Waals surface area contributed by atoms with Gasteiger partial charge in [0.15, 0.2) is 0 Å². The van der Waals surface area contributed by atoms with E-state index in [1.165, 1.54) is 16.8 Å². The van der Waals surface area contributed by atoms with Gasteiger partial charge in [0.05, 0.1) is 11.4 Å². The van der Waals surface area contributed by atoms with E-state index in [4.69, 9.17) is 0 Å². The Kier molecular flexibility index (Phi) is 3.66. The van der Waals surface area contributed by atoms with Crippen LogP contribution in [0, 0.1) is 19.8 Å². The molecule has 0 aromatic carbocycles. The van der Waals surface area contributed by atoms with Crippen LogP contribution >= 0.6 is 0 Å². The number of hydrogen-bond donors (Lipinski definition) is 3. The molecule has 1 atom stereocenters. The predicted octanol–water partition coefficient (Wildman–Crippen LogP) is 1.78. The van der Waals surface area contributed by atoms with Gasteiger partial charge in [0.1, 0.15) is 5.92 Å². The number of rotatable bonds is 3. The van der Waals surface area contributed by atoms with Gasteiger partial charge < -0.3 is 10.3 Å². The number of hydrazone groups is 1. The van der Waals surface area contributed by atoms with Crippen LogP contribution in [-0.2, 0) is 11.2 Å². The Balaban J connectivity index is 1.99. The highest BCUT2D eigenvalue weighted by atomic mass is 16.2. The molecule has 0 saturated carbocycles. The van der Waals surface area contributed by atoms with Crippen molar-refractivity contribution in [2.75, 3.05) is 0 Å². The molecule has 1 amide bonds. The Labute approximate surface area is 129 Å². The normalized spacial score (nSPS) is 22.0. The quantitative estimate of drug-likeness (QED) is 0.795. The molecular weight excluding hydrogens is 278 g/mol. The van der Waals surface area contributed by atoms with Crippen LogP contribution in [0.1, 0.15) is 29.4 Å². The summed E-state index contributed by atoms with van der Waals surface area (Å²) < 4.78 is 0. The number of hydrogen-bond acceptors (Lipinski definition) is 4. The van der Waals surface area contributed by atoms with Crippen molar-refractivity contribution in [3.8, 4) is 0 Å². The Hall–Kier alpha value is -2.63. The van der Waals surface area contributed by atoms with Crippen molar-refractivity contribution in [3.63, 3.8) is 0 Å². The first kappa shape index (κ1) is 14.3. The van der Waals surface area contributed by atoms with Gasteiger partial charge in [-0.15, -0.1) is 0 Å². The second-order valence-corrected chi connectivity index (χ2v) is 5.39. The molecule has 3 heterocycles. The number of aromatic amines is 1. The van der Waals surface area contributed by atoms with E-state index in [0.29, 0.717) is 5.71 Å². The van der Waals surface area contributed by atoms with Crippen molar-refractivity contribution in [1.82, 2.24) is 15.7 Å². The molecule has 1 aromatic heterocycles. The van der Waals surface area contributed by atoms with E-state index in [-0.39, 0.29) is 5.91 Å². The Bertz CT molecular complexity index is 736. The Morgan fingerprint density at radius 3 is 2.82 bits per heavy atom. The monoisotopic (exact) mass is 297 g/mol. The number of aryl methyl sites for hydroxylation is 1. The van der Waals surface area contributed by atoms with Gasteiger partial charge in [-0.2, -0.15) is 5.10 Å². The Morgan fingerprint density at radius 2 is 2.18 bits per heavy atom. The molecule has 22 heavy (non-hydrogen) atoms. The summed E-state index contributed by atoms with van der Waals surface area (Å²) >= 11 is 0. The van der Waals surface area contributed by atoms with Gasteiger partial charge in [0.2, 0.25) is 0 Å². The number of nitrogens with one attached hydrogen (secondary N) is 3. The van der Waals surface area contributed by atoms with Crippen LogP contribution in [0.15, 0.2) is 28.2 Å². The summed E-state index contributed by atoms with van der Waals surface area (Å²) in [5.74, 6) is -0.610. The van der Waals surface area contributed by atoms with Crippen LogP contribution in [0.4, 0.5) is 0 Å². The van der Waals surface area contributed by atoms with E-state index < -0.39 is 5.92 Å². The third-order valence-corrected chi connectivity index (χ3v) is 4.05. The Morgan fingerprint density at radius 1 is 1.36 bits per heavy atom. The van der Waals surface area contributed by atoms with E-state index >= 15 is 0 Å². The van der Waals surface area contributed by atoms with Crippen molar-refractivity contribution in [1.29, 1.82) is 0 Å². The van der Waals surface area contributed by atoms with Crippen molar-refractivity contribution in [2.24, 2.45) is 16.0 Å². The third kappa shape index (κ3) is 2.36. The number of allylic oxidation sites excluding steroid dienone is 1. The first-order chi connectivity index (χ1) is 10.6. The number of carbonyl (C=O) groups excluding carboxylic acids is 1. The number of H-pyrrole nitrogens is 1. The van der Waals surface area contributed by atoms with Gasteiger partial charge in [-0.1, -0.05) is 6.92 Å². The molecule has 0 saturated heterocycles. The maximum absolute atomic E-state index is 11.8. The first-order valence-corrected chi connectivity index (χ1v) is 7.34. The zero-order chi connectivity index (χ0) is 15.7. The van der Waals surface area contributed by atoms with E-state index in [1.807, 2.05) is 6.08 Å². The highest BCUT2D eigenvalue weighted by molar-refractivity contribution is 6.24. The second kappa shape index (κ2) is 5.63. The number of nitrogens with zero attached hydrogens (tertiary/aromatic N) is 2. The molecule has 0 radical (unpaired) electrons. The fourth-order valence-corrected chi connectivity index (χ4v) is 2.89. The van der Waals surface area contributed by atoms with Crippen molar-refractivity contribution >= 4 is 23.9 Å². The molecule has 1 unspecified atom stereocenters. The molecule has 0 fully saturated rings. The average molecular weight is 297 g/mol. The van der Waals surface area contributed by atoms with Gasteiger partial charge in [0.25, 0.3) is 5.91 Å². The number of aliphatic imine (C=N–C) groups is 1. The highest BCUT2D eigenvalue weighted by Crippen LogP contribution is 2.22. The lowest BCUT2D eigenvalue weighted by molar-refractivity contribution is -0.120. The van der Waals surface area contributed by atoms with E-state index in [1.54, 1.807) is 18.6 Å². The summed E-state index contributed by atoms with van der Waals surface area (Å²) in [6.45, 7) is 6.33. The van der Waals surface area contributed by atoms with Crippen molar-refractivity contribution in [2.45, 2.75) is 27.2 Å². The van der Waals surface area contributed by atoms with Gasteiger partial charge >= 0.3 is 0 Å². The number of amides is 1. The average Bonchev–Trinajstić information content (AvgIpc) is 3.04. The molecule has 1 aromatic rings. The zero-order valence-electron chi connectivity index (χ0n) is 12.9. The highest BCUT2D eigenvalue weighted by Gasteiger charge is 2.29. The second-order valence-electron chi connectivity index (χ2n) is 5.39. The fourth-order valence-electron chi connectivity index (χ4n) is 2.89. The summed E-state index contributed by atoms with van der Waals surface area (Å²) in [7, 11) is 0. The fraction of sp³-hybridized carbons (Fsp3) is 0.312. The van der Waals surface area contributed by atoms with Crippen LogP contribution in [0.2, 0.25) is 0 Å². The van der Waals surface area contributed by atoms with E-state index in [0.717, 1.165) is 17.8 Å². The lowest BCUT2D eigenvalue weighted by Gasteiger charge is -2.16. The molecule has 2 aliphatic heterocycles. The summed E-state index contributed by atoms with van der Waals surface area (Å²) in [5, 5.41) is 7.00. The summed E-state index contributed by atoms with van der Waals surface area (Å²) in [6.07, 6.45) is 7.98. The molecular formula is C16H19N5O. The van der Waals surface area contributed by atoms with Gasteiger partial charge in [-0.05, 0) is 37.5 Å². The molecule has 0 aliphatic carbocycles. The molecule has 6 nitrogen and oxygen atoms in total. The van der Waals surface area contributed by atoms with Crippen LogP contribution in [-0.4, -0.2) is 22.8 Å². The first-order valence-electron chi connectivity index (χ1n) is 7.34. The van der Waals surface area contributed by atoms with Crippen molar-refractivity contribution < 1.29 is 4.79 Å². The molecule has 114 valence electrons. The minimum absolute atomic E-state index is 0.157. The van der Waals surface area contributed by atoms with E-state index in [9.17, 15) is 4.79 Å². The molecule has 0 bridgehead atoms. The van der Waals surface area contributed by atoms with Crippen LogP contribution in [0.5, 0.6) is 0 Å². The maximum Gasteiger partial charge on any atom is 0.254 e. The molecule has 3 N–H and O–H groups in total. The topological polar surface area (TPSA) is 81.6 Å². The van der Waals surface area contributed by atoms with Crippen LogP contribution in [0.25, 0.3) is 6.08 Å². The number of aromatic nitrogens is 1. The summed E-state index contributed by atoms with van der Waals surface area (Å²) in [5.41, 5.74) is 8.70.